The van der Waals surface area contributed by atoms with E-state index in [-0.39, 0.29) is 18.2 Å². The van der Waals surface area contributed by atoms with E-state index in [2.05, 4.69) is 21.2 Å². The summed E-state index contributed by atoms with van der Waals surface area (Å²) in [6, 6.07) is 14.5. The van der Waals surface area contributed by atoms with E-state index in [4.69, 9.17) is 4.74 Å². The fourth-order valence-electron chi connectivity index (χ4n) is 2.22. The van der Waals surface area contributed by atoms with Crippen LogP contribution in [0.25, 0.3) is 0 Å². The molecule has 0 aliphatic heterocycles. The maximum Gasteiger partial charge on any atom is 0.226 e. The second kappa shape index (κ2) is 8.49. The predicted molar refractivity (Wildman–Crippen MR) is 98.4 cm³/mol. The fourth-order valence-corrected chi connectivity index (χ4v) is 2.48. The molecule has 5 nitrogen and oxygen atoms in total. The van der Waals surface area contributed by atoms with E-state index in [9.17, 15) is 9.59 Å². The van der Waals surface area contributed by atoms with E-state index in [0.29, 0.717) is 18.0 Å². The Kier molecular flexibility index (Phi) is 6.37. The van der Waals surface area contributed by atoms with Crippen LogP contribution in [-0.2, 0) is 9.59 Å². The minimum atomic E-state index is -0.147. The molecule has 0 fully saturated rings. The van der Waals surface area contributed by atoms with Crippen LogP contribution < -0.4 is 15.0 Å². The van der Waals surface area contributed by atoms with E-state index in [1.54, 1.807) is 18.1 Å². The number of hydrogen-bond acceptors (Lipinski definition) is 3. The van der Waals surface area contributed by atoms with Crippen LogP contribution in [0, 0.1) is 0 Å². The average Bonchev–Trinajstić information content (AvgIpc) is 2.57. The summed E-state index contributed by atoms with van der Waals surface area (Å²) < 4.78 is 6.12. The third-order valence-electron chi connectivity index (χ3n) is 3.44. The van der Waals surface area contributed by atoms with Gasteiger partial charge in [-0.3, -0.25) is 9.59 Å². The molecule has 2 rings (SSSR count). The lowest BCUT2D eigenvalue weighted by Gasteiger charge is -2.21. The van der Waals surface area contributed by atoms with Crippen LogP contribution >= 0.6 is 15.9 Å². The van der Waals surface area contributed by atoms with Gasteiger partial charge in [0.05, 0.1) is 7.11 Å². The topological polar surface area (TPSA) is 58.6 Å². The number of methoxy groups -OCH3 is 1. The minimum Gasteiger partial charge on any atom is -0.497 e. The van der Waals surface area contributed by atoms with Gasteiger partial charge in [-0.05, 0) is 36.4 Å². The van der Waals surface area contributed by atoms with Crippen molar-refractivity contribution in [1.29, 1.82) is 0 Å². The summed E-state index contributed by atoms with van der Waals surface area (Å²) in [7, 11) is 1.57. The summed E-state index contributed by atoms with van der Waals surface area (Å²) in [5.41, 5.74) is 1.43. The monoisotopic (exact) mass is 390 g/mol. The number of nitrogens with zero attached hydrogens (tertiary/aromatic N) is 1. The van der Waals surface area contributed by atoms with Gasteiger partial charge in [0.25, 0.3) is 0 Å². The summed E-state index contributed by atoms with van der Waals surface area (Å²) in [6.45, 7) is 1.77. The number of nitrogens with one attached hydrogen (secondary N) is 1. The Morgan fingerprint density at radius 1 is 1.17 bits per heavy atom. The molecule has 0 unspecified atom stereocenters. The molecule has 24 heavy (non-hydrogen) atoms. The highest BCUT2D eigenvalue weighted by Crippen LogP contribution is 2.21. The molecule has 0 saturated heterocycles. The molecule has 0 radical (unpaired) electrons. The van der Waals surface area contributed by atoms with Gasteiger partial charge in [0.1, 0.15) is 5.75 Å². The molecular weight excluding hydrogens is 372 g/mol. The summed E-state index contributed by atoms with van der Waals surface area (Å²) >= 11 is 3.35. The van der Waals surface area contributed by atoms with Crippen LogP contribution in [0.3, 0.4) is 0 Å². The number of ether oxygens (including phenoxy) is 1. The third-order valence-corrected chi connectivity index (χ3v) is 3.96. The van der Waals surface area contributed by atoms with Gasteiger partial charge >= 0.3 is 0 Å². The molecule has 0 saturated carbocycles. The van der Waals surface area contributed by atoms with Gasteiger partial charge in [0, 0.05) is 41.8 Å². The Morgan fingerprint density at radius 3 is 2.50 bits per heavy atom. The van der Waals surface area contributed by atoms with Crippen LogP contribution in [-0.4, -0.2) is 25.5 Å². The quantitative estimate of drug-likeness (QED) is 0.814. The van der Waals surface area contributed by atoms with E-state index in [1.807, 2.05) is 42.5 Å². The molecule has 2 aromatic rings. The smallest absolute Gasteiger partial charge is 0.226 e. The molecule has 126 valence electrons. The molecular formula is C18H19BrN2O3. The van der Waals surface area contributed by atoms with Crippen molar-refractivity contribution >= 4 is 39.1 Å². The zero-order valence-corrected chi connectivity index (χ0v) is 15.2. The predicted octanol–water partition coefficient (Wildman–Crippen LogP) is 3.84. The van der Waals surface area contributed by atoms with Crippen molar-refractivity contribution in [3.63, 3.8) is 0 Å². The lowest BCUT2D eigenvalue weighted by atomic mass is 10.2. The van der Waals surface area contributed by atoms with Gasteiger partial charge in [-0.2, -0.15) is 0 Å². The van der Waals surface area contributed by atoms with Gasteiger partial charge in [-0.25, -0.2) is 0 Å². The molecule has 2 aromatic carbocycles. The Labute approximate surface area is 149 Å². The maximum atomic E-state index is 12.1. The summed E-state index contributed by atoms with van der Waals surface area (Å²) in [5.74, 6) is 0.393. The van der Waals surface area contributed by atoms with Crippen LogP contribution in [0.1, 0.15) is 13.3 Å². The fraction of sp³-hybridized carbons (Fsp3) is 0.222. The van der Waals surface area contributed by atoms with Gasteiger partial charge < -0.3 is 15.0 Å². The second-order valence-corrected chi connectivity index (χ2v) is 6.09. The zero-order valence-electron chi connectivity index (χ0n) is 13.6. The first-order chi connectivity index (χ1) is 11.5. The van der Waals surface area contributed by atoms with E-state index in [1.165, 1.54) is 6.92 Å². The van der Waals surface area contributed by atoms with Crippen molar-refractivity contribution in [1.82, 2.24) is 0 Å². The minimum absolute atomic E-state index is 0.125. The molecule has 0 spiro atoms. The molecule has 2 amide bonds. The first kappa shape index (κ1) is 18.0. The molecule has 0 aliphatic carbocycles. The zero-order chi connectivity index (χ0) is 17.5. The lowest BCUT2D eigenvalue weighted by Crippen LogP contribution is -2.31. The highest BCUT2D eigenvalue weighted by Gasteiger charge is 2.14. The summed E-state index contributed by atoms with van der Waals surface area (Å²) in [6.07, 6.45) is 0.201. The normalized spacial score (nSPS) is 10.1. The standard InChI is InChI=1S/C18H19BrN2O3/c1-13(22)21(16-4-3-5-17(12-16)24-2)11-10-18(23)20-15-8-6-14(19)7-9-15/h3-9,12H,10-11H2,1-2H3,(H,20,23). The highest BCUT2D eigenvalue weighted by molar-refractivity contribution is 9.10. The summed E-state index contributed by atoms with van der Waals surface area (Å²) in [5, 5.41) is 2.82. The SMILES string of the molecule is COc1cccc(N(CCC(=O)Nc2ccc(Br)cc2)C(C)=O)c1. The van der Waals surface area contributed by atoms with Crippen LogP contribution in [0.15, 0.2) is 53.0 Å². The van der Waals surface area contributed by atoms with E-state index >= 15 is 0 Å². The van der Waals surface area contributed by atoms with Gasteiger partial charge in [-0.15, -0.1) is 0 Å². The lowest BCUT2D eigenvalue weighted by molar-refractivity contribution is -0.117. The molecule has 6 heteroatoms. The molecule has 0 heterocycles. The number of carbonyl (C=O) groups excluding carboxylic acids is 2. The molecule has 0 aromatic heterocycles. The van der Waals surface area contributed by atoms with E-state index < -0.39 is 0 Å². The third kappa shape index (κ3) is 5.09. The van der Waals surface area contributed by atoms with Gasteiger partial charge in [0.15, 0.2) is 0 Å². The van der Waals surface area contributed by atoms with Crippen LogP contribution in [0.2, 0.25) is 0 Å². The molecule has 1 N–H and O–H groups in total. The second-order valence-electron chi connectivity index (χ2n) is 5.18. The van der Waals surface area contributed by atoms with Crippen molar-refractivity contribution in [2.24, 2.45) is 0 Å². The maximum absolute atomic E-state index is 12.1. The van der Waals surface area contributed by atoms with Crippen molar-refractivity contribution in [2.45, 2.75) is 13.3 Å². The molecule has 0 aliphatic rings. The number of rotatable bonds is 6. The van der Waals surface area contributed by atoms with Crippen LogP contribution in [0.4, 0.5) is 11.4 Å². The molecule has 0 bridgehead atoms. The Balaban J connectivity index is 1.99. The Morgan fingerprint density at radius 2 is 1.88 bits per heavy atom. The van der Waals surface area contributed by atoms with Crippen LogP contribution in [0.5, 0.6) is 5.75 Å². The van der Waals surface area contributed by atoms with E-state index in [0.717, 1.165) is 10.2 Å². The highest BCUT2D eigenvalue weighted by atomic mass is 79.9. The van der Waals surface area contributed by atoms with Crippen molar-refractivity contribution in [3.05, 3.63) is 53.0 Å². The average molecular weight is 391 g/mol. The van der Waals surface area contributed by atoms with Gasteiger partial charge in [0.2, 0.25) is 11.8 Å². The summed E-state index contributed by atoms with van der Waals surface area (Å²) in [4.78, 5) is 25.6. The number of halogens is 1. The number of amides is 2. The van der Waals surface area contributed by atoms with Crippen molar-refractivity contribution < 1.29 is 14.3 Å². The number of benzene rings is 2. The first-order valence-electron chi connectivity index (χ1n) is 7.47. The number of anilines is 2. The van der Waals surface area contributed by atoms with Gasteiger partial charge in [-0.1, -0.05) is 22.0 Å². The largest absolute Gasteiger partial charge is 0.497 e. The molecule has 0 atom stereocenters. The van der Waals surface area contributed by atoms with Crippen molar-refractivity contribution in [3.8, 4) is 5.75 Å². The number of carbonyl (C=O) groups is 2. The van der Waals surface area contributed by atoms with Crippen molar-refractivity contribution in [2.75, 3.05) is 23.9 Å². The number of hydrogen-bond donors (Lipinski definition) is 1. The Hall–Kier alpha value is -2.34. The first-order valence-corrected chi connectivity index (χ1v) is 8.26. The Bertz CT molecular complexity index is 716.